The quantitative estimate of drug-likeness (QED) is 0.349. The van der Waals surface area contributed by atoms with Crippen molar-refractivity contribution in [3.8, 4) is 0 Å². The van der Waals surface area contributed by atoms with Crippen molar-refractivity contribution in [3.05, 3.63) is 35.9 Å². The van der Waals surface area contributed by atoms with Crippen LogP contribution in [0.1, 0.15) is 66.4 Å². The Kier molecular flexibility index (Phi) is 10.4. The van der Waals surface area contributed by atoms with Gasteiger partial charge in [-0.05, 0) is 37.2 Å². The van der Waals surface area contributed by atoms with E-state index in [-0.39, 0.29) is 36.4 Å². The van der Waals surface area contributed by atoms with E-state index in [9.17, 15) is 19.2 Å². The molecule has 0 aliphatic carbocycles. The molecule has 4 atom stereocenters. The van der Waals surface area contributed by atoms with Crippen molar-refractivity contribution in [2.45, 2.75) is 91.0 Å². The van der Waals surface area contributed by atoms with Crippen LogP contribution in [0.2, 0.25) is 0 Å². The lowest BCUT2D eigenvalue weighted by atomic mass is 9.93. The van der Waals surface area contributed by atoms with Gasteiger partial charge in [-0.3, -0.25) is 19.2 Å². The van der Waals surface area contributed by atoms with Crippen LogP contribution >= 0.6 is 0 Å². The van der Waals surface area contributed by atoms with Crippen LogP contribution in [0.3, 0.4) is 0 Å². The largest absolute Gasteiger partial charge is 0.361 e. The summed E-state index contributed by atoms with van der Waals surface area (Å²) in [6.07, 6.45) is 1.43. The maximum atomic E-state index is 13.4. The van der Waals surface area contributed by atoms with Gasteiger partial charge in [-0.1, -0.05) is 65.0 Å². The third kappa shape index (κ3) is 9.09. The number of nitrogens with one attached hydrogen (secondary N) is 3. The minimum atomic E-state index is -0.909. The van der Waals surface area contributed by atoms with Gasteiger partial charge in [0.05, 0.1) is 12.6 Å². The van der Waals surface area contributed by atoms with E-state index >= 15 is 0 Å². The van der Waals surface area contributed by atoms with Gasteiger partial charge < -0.3 is 20.7 Å². The van der Waals surface area contributed by atoms with Gasteiger partial charge in [0.15, 0.2) is 5.78 Å². The highest BCUT2D eigenvalue weighted by Crippen LogP contribution is 2.29. The third-order valence-corrected chi connectivity index (χ3v) is 6.03. The summed E-state index contributed by atoms with van der Waals surface area (Å²) in [4.78, 5) is 51.7. The Morgan fingerprint density at radius 2 is 1.37 bits per heavy atom. The highest BCUT2D eigenvalue weighted by Gasteiger charge is 2.50. The summed E-state index contributed by atoms with van der Waals surface area (Å²) in [5.41, 5.74) is 0.00725. The van der Waals surface area contributed by atoms with Gasteiger partial charge in [0.25, 0.3) is 0 Å². The fourth-order valence-electron chi connectivity index (χ4n) is 3.92. The molecule has 1 aromatic carbocycles. The number of carbonyl (C=O) groups is 4. The number of carbonyl (C=O) groups excluding carboxylic acids is 4. The summed E-state index contributed by atoms with van der Waals surface area (Å²) in [6, 6.07) is 7.01. The second kappa shape index (κ2) is 12.8. The monoisotopic (exact) mass is 487 g/mol. The second-order valence-corrected chi connectivity index (χ2v) is 10.4. The molecule has 194 valence electrons. The van der Waals surface area contributed by atoms with Gasteiger partial charge in [-0.15, -0.1) is 0 Å². The lowest BCUT2D eigenvalue weighted by Gasteiger charge is -2.27. The van der Waals surface area contributed by atoms with Gasteiger partial charge in [0.2, 0.25) is 17.7 Å². The zero-order valence-corrected chi connectivity index (χ0v) is 21.9. The number of benzene rings is 1. The number of Topliss-reactive ketones (excluding diaryl/α,β-unsaturated/α-hetero) is 1. The first-order valence-corrected chi connectivity index (χ1v) is 12.6. The average molecular weight is 488 g/mol. The number of hydrogen-bond acceptors (Lipinski definition) is 5. The Hall–Kier alpha value is -2.74. The molecule has 8 heteroatoms. The third-order valence-electron chi connectivity index (χ3n) is 6.03. The van der Waals surface area contributed by atoms with Crippen LogP contribution in [0.15, 0.2) is 30.3 Å². The summed E-state index contributed by atoms with van der Waals surface area (Å²) in [6.45, 7) is 11.7. The number of rotatable bonds is 14. The van der Waals surface area contributed by atoms with Crippen LogP contribution in [0.25, 0.3) is 0 Å². The van der Waals surface area contributed by atoms with Crippen molar-refractivity contribution >= 4 is 23.5 Å². The molecule has 1 aliphatic heterocycles. The van der Waals surface area contributed by atoms with Gasteiger partial charge >= 0.3 is 0 Å². The van der Waals surface area contributed by atoms with E-state index in [1.54, 1.807) is 13.8 Å². The molecule has 1 aliphatic rings. The van der Waals surface area contributed by atoms with E-state index in [1.165, 1.54) is 0 Å². The summed E-state index contributed by atoms with van der Waals surface area (Å²) < 4.78 is 5.33. The molecule has 0 saturated carbocycles. The molecule has 2 rings (SSSR count). The van der Waals surface area contributed by atoms with Crippen molar-refractivity contribution < 1.29 is 23.9 Å². The minimum Gasteiger partial charge on any atom is -0.361 e. The highest BCUT2D eigenvalue weighted by atomic mass is 16.6. The van der Waals surface area contributed by atoms with Gasteiger partial charge in [0.1, 0.15) is 17.7 Å². The Balaban J connectivity index is 2.24. The Morgan fingerprint density at radius 3 is 1.89 bits per heavy atom. The molecule has 8 nitrogen and oxygen atoms in total. The second-order valence-electron chi connectivity index (χ2n) is 10.4. The molecule has 1 heterocycles. The number of ketones is 1. The van der Waals surface area contributed by atoms with E-state index in [0.717, 1.165) is 5.56 Å². The van der Waals surface area contributed by atoms with Crippen LogP contribution in [0, 0.1) is 11.8 Å². The Morgan fingerprint density at radius 1 is 0.857 bits per heavy atom. The van der Waals surface area contributed by atoms with Gasteiger partial charge in [-0.25, -0.2) is 0 Å². The Bertz CT molecular complexity index is 880. The van der Waals surface area contributed by atoms with E-state index in [0.29, 0.717) is 19.4 Å². The minimum absolute atomic E-state index is 0.155. The lowest BCUT2D eigenvalue weighted by Crippen LogP contribution is -2.57. The molecule has 0 aromatic heterocycles. The van der Waals surface area contributed by atoms with Crippen LogP contribution in [-0.4, -0.2) is 53.8 Å². The summed E-state index contributed by atoms with van der Waals surface area (Å²) >= 11 is 0. The van der Waals surface area contributed by atoms with Crippen LogP contribution in [-0.2, 0) is 30.3 Å². The molecule has 1 aromatic rings. The molecule has 0 unspecified atom stereocenters. The van der Waals surface area contributed by atoms with Crippen molar-refractivity contribution in [2.24, 2.45) is 11.8 Å². The SMILES string of the molecule is CCC(=O)N[C@@H](CC(C)C)C(=O)N[C@@H](Cc1ccccc1)C(=O)N[C@@H](CC(C)C)C(=O)[C@@]1(C)CO1. The average Bonchev–Trinajstić information content (AvgIpc) is 3.55. The standard InChI is InChI=1S/C27H41N3O5/c1-7-23(31)28-21(14-18(4)5)25(33)30-22(15-19-11-9-8-10-12-19)26(34)29-20(13-17(2)3)24(32)27(6)16-35-27/h8-12,17-18,20-22H,7,13-16H2,1-6H3,(H,28,31)(H,29,34)(H,30,33)/t20-,21-,22-,27+/m0/s1. The van der Waals surface area contributed by atoms with Gasteiger partial charge in [0, 0.05) is 12.8 Å². The summed E-state index contributed by atoms with van der Waals surface area (Å²) in [5.74, 6) is -0.895. The summed E-state index contributed by atoms with van der Waals surface area (Å²) in [5, 5.41) is 8.49. The van der Waals surface area contributed by atoms with E-state index in [4.69, 9.17) is 4.74 Å². The number of amides is 3. The topological polar surface area (TPSA) is 117 Å². The first kappa shape index (κ1) is 28.5. The van der Waals surface area contributed by atoms with E-state index in [1.807, 2.05) is 58.0 Å². The van der Waals surface area contributed by atoms with E-state index in [2.05, 4.69) is 16.0 Å². The van der Waals surface area contributed by atoms with Crippen LogP contribution < -0.4 is 16.0 Å². The van der Waals surface area contributed by atoms with Crippen molar-refractivity contribution in [3.63, 3.8) is 0 Å². The smallest absolute Gasteiger partial charge is 0.243 e. The maximum absolute atomic E-state index is 13.4. The molecule has 0 spiro atoms. The fraction of sp³-hybridized carbons (Fsp3) is 0.630. The molecular formula is C27H41N3O5. The number of epoxide rings is 1. The maximum Gasteiger partial charge on any atom is 0.243 e. The molecular weight excluding hydrogens is 446 g/mol. The van der Waals surface area contributed by atoms with E-state index < -0.39 is 35.5 Å². The van der Waals surface area contributed by atoms with Crippen molar-refractivity contribution in [1.82, 2.24) is 16.0 Å². The zero-order chi connectivity index (χ0) is 26.2. The molecule has 3 N–H and O–H groups in total. The first-order chi connectivity index (χ1) is 16.4. The molecule has 0 bridgehead atoms. The normalized spacial score (nSPS) is 19.5. The number of ether oxygens (including phenoxy) is 1. The Labute approximate surface area is 208 Å². The highest BCUT2D eigenvalue weighted by molar-refractivity contribution is 5.98. The molecule has 3 amide bonds. The van der Waals surface area contributed by atoms with Crippen molar-refractivity contribution in [1.29, 1.82) is 0 Å². The van der Waals surface area contributed by atoms with Crippen molar-refractivity contribution in [2.75, 3.05) is 6.61 Å². The molecule has 1 saturated heterocycles. The van der Waals surface area contributed by atoms with Gasteiger partial charge in [-0.2, -0.15) is 0 Å². The lowest BCUT2D eigenvalue weighted by molar-refractivity contribution is -0.134. The number of hydrogen-bond donors (Lipinski definition) is 3. The molecule has 0 radical (unpaired) electrons. The predicted molar refractivity (Wildman–Crippen MR) is 135 cm³/mol. The molecule has 1 fully saturated rings. The van der Waals surface area contributed by atoms with Crippen LogP contribution in [0.5, 0.6) is 0 Å². The fourth-order valence-corrected chi connectivity index (χ4v) is 3.92. The first-order valence-electron chi connectivity index (χ1n) is 12.6. The summed E-state index contributed by atoms with van der Waals surface area (Å²) in [7, 11) is 0. The molecule has 35 heavy (non-hydrogen) atoms. The predicted octanol–water partition coefficient (Wildman–Crippen LogP) is 2.54. The zero-order valence-electron chi connectivity index (χ0n) is 21.9. The van der Waals surface area contributed by atoms with Crippen LogP contribution in [0.4, 0.5) is 0 Å².